The van der Waals surface area contributed by atoms with Gasteiger partial charge < -0.3 is 19.5 Å². The van der Waals surface area contributed by atoms with Crippen molar-refractivity contribution in [2.75, 3.05) is 31.2 Å². The number of hydrogen-bond acceptors (Lipinski definition) is 6. The van der Waals surface area contributed by atoms with Gasteiger partial charge in [-0.05, 0) is 30.5 Å². The van der Waals surface area contributed by atoms with Crippen LogP contribution in [0, 0.1) is 0 Å². The van der Waals surface area contributed by atoms with Crippen molar-refractivity contribution >= 4 is 11.7 Å². The number of nitrogens with zero attached hydrogens (tertiary/aromatic N) is 3. The first kappa shape index (κ1) is 15.1. The van der Waals surface area contributed by atoms with Crippen LogP contribution in [0.2, 0.25) is 0 Å². The van der Waals surface area contributed by atoms with Gasteiger partial charge in [-0.15, -0.1) is 0 Å². The van der Waals surface area contributed by atoms with Gasteiger partial charge in [0.25, 0.3) is 5.91 Å². The Bertz CT molecular complexity index is 720. The van der Waals surface area contributed by atoms with Gasteiger partial charge in [0.05, 0.1) is 13.2 Å². The number of aromatic nitrogens is 2. The van der Waals surface area contributed by atoms with Crippen LogP contribution < -0.4 is 10.2 Å². The van der Waals surface area contributed by atoms with Crippen LogP contribution in [0.25, 0.3) is 0 Å². The van der Waals surface area contributed by atoms with Gasteiger partial charge in [0, 0.05) is 37.8 Å². The van der Waals surface area contributed by atoms with Crippen molar-refractivity contribution in [1.82, 2.24) is 15.5 Å². The Morgan fingerprint density at radius 3 is 2.92 bits per heavy atom. The Labute approximate surface area is 140 Å². The maximum atomic E-state index is 12.2. The van der Waals surface area contributed by atoms with Gasteiger partial charge in [-0.25, -0.2) is 4.98 Å². The summed E-state index contributed by atoms with van der Waals surface area (Å²) in [5, 5.41) is 6.74. The lowest BCUT2D eigenvalue weighted by molar-refractivity contribution is 0.0941. The molecule has 2 fully saturated rings. The zero-order valence-corrected chi connectivity index (χ0v) is 13.4. The number of hydrogen-bond donors (Lipinski definition) is 1. The largest absolute Gasteiger partial charge is 0.378 e. The quantitative estimate of drug-likeness (QED) is 0.900. The highest BCUT2D eigenvalue weighted by Gasteiger charge is 2.28. The van der Waals surface area contributed by atoms with Crippen molar-refractivity contribution in [2.24, 2.45) is 0 Å². The summed E-state index contributed by atoms with van der Waals surface area (Å²) in [5.74, 6) is 1.98. The summed E-state index contributed by atoms with van der Waals surface area (Å²) in [7, 11) is 0. The Balaban J connectivity index is 1.36. The van der Waals surface area contributed by atoms with Crippen molar-refractivity contribution in [2.45, 2.75) is 25.3 Å². The molecule has 1 amide bonds. The van der Waals surface area contributed by atoms with Crippen LogP contribution in [0.15, 0.2) is 28.9 Å². The fourth-order valence-corrected chi connectivity index (χ4v) is 2.77. The van der Waals surface area contributed by atoms with Gasteiger partial charge >= 0.3 is 0 Å². The van der Waals surface area contributed by atoms with E-state index in [0.717, 1.165) is 56.3 Å². The van der Waals surface area contributed by atoms with Crippen molar-refractivity contribution < 1.29 is 14.1 Å². The molecular formula is C17H20N4O3. The van der Waals surface area contributed by atoms with Gasteiger partial charge in [0.15, 0.2) is 5.69 Å². The van der Waals surface area contributed by atoms with Crippen LogP contribution in [-0.2, 0) is 11.3 Å². The zero-order chi connectivity index (χ0) is 16.4. The summed E-state index contributed by atoms with van der Waals surface area (Å²) in [4.78, 5) is 18.8. The summed E-state index contributed by atoms with van der Waals surface area (Å²) < 4.78 is 10.6. The van der Waals surface area contributed by atoms with Crippen molar-refractivity contribution in [1.29, 1.82) is 0 Å². The molecule has 2 aliphatic rings. The molecule has 1 saturated heterocycles. The lowest BCUT2D eigenvalue weighted by Gasteiger charge is -2.28. The van der Waals surface area contributed by atoms with Gasteiger partial charge in [-0.3, -0.25) is 4.79 Å². The molecule has 0 aromatic carbocycles. The van der Waals surface area contributed by atoms with E-state index in [0.29, 0.717) is 18.2 Å². The van der Waals surface area contributed by atoms with E-state index in [2.05, 4.69) is 20.4 Å². The highest BCUT2D eigenvalue weighted by atomic mass is 16.5. The second-order valence-electron chi connectivity index (χ2n) is 6.19. The van der Waals surface area contributed by atoms with Crippen LogP contribution in [0.4, 0.5) is 5.82 Å². The third-order valence-corrected chi connectivity index (χ3v) is 4.34. The van der Waals surface area contributed by atoms with Crippen LogP contribution in [-0.4, -0.2) is 42.4 Å². The van der Waals surface area contributed by atoms with Crippen LogP contribution in [0.5, 0.6) is 0 Å². The molecule has 0 spiro atoms. The summed E-state index contributed by atoms with van der Waals surface area (Å²) in [6.07, 6.45) is 4.02. The van der Waals surface area contributed by atoms with E-state index in [9.17, 15) is 4.79 Å². The summed E-state index contributed by atoms with van der Waals surface area (Å²) in [5.41, 5.74) is 1.35. The number of anilines is 1. The molecule has 7 nitrogen and oxygen atoms in total. The van der Waals surface area contributed by atoms with E-state index >= 15 is 0 Å². The molecule has 1 aliphatic carbocycles. The average Bonchev–Trinajstić information content (AvgIpc) is 3.37. The molecule has 0 bridgehead atoms. The summed E-state index contributed by atoms with van der Waals surface area (Å²) >= 11 is 0. The van der Waals surface area contributed by atoms with Crippen molar-refractivity contribution in [3.63, 3.8) is 0 Å². The average molecular weight is 328 g/mol. The number of carbonyl (C=O) groups is 1. The highest BCUT2D eigenvalue weighted by molar-refractivity contribution is 5.92. The number of morpholine rings is 1. The van der Waals surface area contributed by atoms with E-state index in [1.807, 2.05) is 12.1 Å². The first-order valence-corrected chi connectivity index (χ1v) is 8.32. The third kappa shape index (κ3) is 3.41. The smallest absolute Gasteiger partial charge is 0.273 e. The molecule has 126 valence electrons. The Kier molecular flexibility index (Phi) is 4.17. The first-order chi connectivity index (χ1) is 11.8. The molecule has 1 saturated carbocycles. The maximum Gasteiger partial charge on any atom is 0.273 e. The molecule has 4 rings (SSSR count). The van der Waals surface area contributed by atoms with Crippen molar-refractivity contribution in [3.8, 4) is 0 Å². The molecule has 1 aliphatic heterocycles. The predicted molar refractivity (Wildman–Crippen MR) is 86.9 cm³/mol. The molecule has 0 unspecified atom stereocenters. The molecule has 1 N–H and O–H groups in total. The standard InChI is InChI=1S/C17H20N4O3/c22-17(14-10-15(24-20-14)13-1-2-13)19-11-12-3-4-18-16(9-12)21-5-7-23-8-6-21/h3-4,9-10,13H,1-2,5-8,11H2,(H,19,22). The Hall–Kier alpha value is -2.41. The van der Waals surface area contributed by atoms with Crippen LogP contribution >= 0.6 is 0 Å². The number of rotatable bonds is 5. The number of pyridine rings is 1. The van der Waals surface area contributed by atoms with E-state index in [4.69, 9.17) is 9.26 Å². The van der Waals surface area contributed by atoms with Crippen LogP contribution in [0.3, 0.4) is 0 Å². The fraction of sp³-hybridized carbons (Fsp3) is 0.471. The third-order valence-electron chi connectivity index (χ3n) is 4.34. The number of carbonyl (C=O) groups excluding carboxylic acids is 1. The SMILES string of the molecule is O=C(NCc1ccnc(N2CCOCC2)c1)c1cc(C2CC2)on1. The lowest BCUT2D eigenvalue weighted by Crippen LogP contribution is -2.36. The Morgan fingerprint density at radius 1 is 1.29 bits per heavy atom. The second kappa shape index (κ2) is 6.60. The monoisotopic (exact) mass is 328 g/mol. The van der Waals surface area contributed by atoms with Gasteiger partial charge in [-0.2, -0.15) is 0 Å². The molecule has 3 heterocycles. The summed E-state index contributed by atoms with van der Waals surface area (Å²) in [6, 6.07) is 5.66. The normalized spacial score (nSPS) is 17.8. The van der Waals surface area contributed by atoms with E-state index in [1.165, 1.54) is 0 Å². The molecule has 0 radical (unpaired) electrons. The van der Waals surface area contributed by atoms with E-state index in [-0.39, 0.29) is 5.91 Å². The molecule has 24 heavy (non-hydrogen) atoms. The minimum absolute atomic E-state index is 0.213. The zero-order valence-electron chi connectivity index (χ0n) is 13.4. The number of ether oxygens (including phenoxy) is 1. The highest BCUT2D eigenvalue weighted by Crippen LogP contribution is 2.40. The van der Waals surface area contributed by atoms with Gasteiger partial charge in [0.1, 0.15) is 11.6 Å². The molecule has 2 aromatic heterocycles. The maximum absolute atomic E-state index is 12.2. The van der Waals surface area contributed by atoms with E-state index in [1.54, 1.807) is 12.3 Å². The predicted octanol–water partition coefficient (Wildman–Crippen LogP) is 1.71. The molecule has 0 atom stereocenters. The number of amides is 1. The first-order valence-electron chi connectivity index (χ1n) is 8.32. The topological polar surface area (TPSA) is 80.5 Å². The molecule has 2 aromatic rings. The summed E-state index contributed by atoms with van der Waals surface area (Å²) in [6.45, 7) is 3.55. The lowest BCUT2D eigenvalue weighted by atomic mass is 10.2. The second-order valence-corrected chi connectivity index (χ2v) is 6.19. The van der Waals surface area contributed by atoms with Gasteiger partial charge in [0.2, 0.25) is 0 Å². The van der Waals surface area contributed by atoms with Crippen molar-refractivity contribution in [3.05, 3.63) is 41.4 Å². The van der Waals surface area contributed by atoms with Crippen LogP contribution in [0.1, 0.15) is 40.6 Å². The minimum Gasteiger partial charge on any atom is -0.378 e. The minimum atomic E-state index is -0.213. The molecular weight excluding hydrogens is 308 g/mol. The fourth-order valence-electron chi connectivity index (χ4n) is 2.77. The Morgan fingerprint density at radius 2 is 2.12 bits per heavy atom. The van der Waals surface area contributed by atoms with E-state index < -0.39 is 0 Å². The van der Waals surface area contributed by atoms with Gasteiger partial charge in [-0.1, -0.05) is 5.16 Å². The molecule has 7 heteroatoms. The number of nitrogens with one attached hydrogen (secondary N) is 1.